The Morgan fingerprint density at radius 1 is 1.28 bits per heavy atom. The third-order valence-corrected chi connectivity index (χ3v) is 4.16. The molecule has 0 bridgehead atoms. The molecule has 1 atom stereocenters. The average molecular weight is 255 g/mol. The summed E-state index contributed by atoms with van der Waals surface area (Å²) in [6, 6.07) is 0.422. The van der Waals surface area contributed by atoms with Crippen molar-refractivity contribution in [2.75, 3.05) is 45.9 Å². The molecule has 2 rings (SSSR count). The number of piperazine rings is 1. The van der Waals surface area contributed by atoms with Gasteiger partial charge in [0.1, 0.15) is 0 Å². The number of amides is 1. The van der Waals surface area contributed by atoms with Crippen molar-refractivity contribution in [3.8, 4) is 0 Å². The van der Waals surface area contributed by atoms with Gasteiger partial charge in [0.05, 0.1) is 0 Å². The van der Waals surface area contributed by atoms with E-state index in [4.69, 9.17) is 10.5 Å². The summed E-state index contributed by atoms with van der Waals surface area (Å²) in [6.45, 7) is 7.91. The number of carbonyl (C=O) groups is 1. The van der Waals surface area contributed by atoms with E-state index in [1.807, 2.05) is 4.90 Å². The minimum atomic E-state index is 0.192. The summed E-state index contributed by atoms with van der Waals surface area (Å²) >= 11 is 0. The Morgan fingerprint density at radius 2 is 1.89 bits per heavy atom. The molecule has 2 saturated heterocycles. The van der Waals surface area contributed by atoms with Gasteiger partial charge in [0.25, 0.3) is 0 Å². The lowest BCUT2D eigenvalue weighted by Gasteiger charge is -2.39. The van der Waals surface area contributed by atoms with E-state index < -0.39 is 0 Å². The van der Waals surface area contributed by atoms with Crippen molar-refractivity contribution in [3.05, 3.63) is 0 Å². The molecule has 2 aliphatic rings. The maximum absolute atomic E-state index is 12.3. The Kier molecular flexibility index (Phi) is 4.97. The third-order valence-electron chi connectivity index (χ3n) is 4.16. The lowest BCUT2D eigenvalue weighted by Crippen LogP contribution is -2.54. The fraction of sp³-hybridized carbons (Fsp3) is 0.923. The molecular weight excluding hydrogens is 230 g/mol. The lowest BCUT2D eigenvalue weighted by atomic mass is 9.98. The van der Waals surface area contributed by atoms with Gasteiger partial charge in [-0.05, 0) is 19.8 Å². The van der Waals surface area contributed by atoms with E-state index >= 15 is 0 Å². The van der Waals surface area contributed by atoms with Crippen molar-refractivity contribution >= 4 is 5.91 Å². The van der Waals surface area contributed by atoms with E-state index in [-0.39, 0.29) is 5.92 Å². The van der Waals surface area contributed by atoms with Crippen LogP contribution in [0.4, 0.5) is 0 Å². The van der Waals surface area contributed by atoms with Gasteiger partial charge >= 0.3 is 0 Å². The van der Waals surface area contributed by atoms with Gasteiger partial charge in [0.15, 0.2) is 0 Å². The van der Waals surface area contributed by atoms with Crippen molar-refractivity contribution in [3.63, 3.8) is 0 Å². The molecule has 2 heterocycles. The van der Waals surface area contributed by atoms with Crippen LogP contribution in [0.15, 0.2) is 0 Å². The molecule has 0 aromatic rings. The van der Waals surface area contributed by atoms with Crippen LogP contribution in [0.2, 0.25) is 0 Å². The number of nitrogens with two attached hydrogens (primary N) is 1. The number of carbonyl (C=O) groups excluding carboxylic acids is 1. The Balaban J connectivity index is 1.79. The van der Waals surface area contributed by atoms with Gasteiger partial charge in [0.2, 0.25) is 5.91 Å². The van der Waals surface area contributed by atoms with Crippen LogP contribution in [0, 0.1) is 5.92 Å². The quantitative estimate of drug-likeness (QED) is 0.765. The first kappa shape index (κ1) is 13.8. The molecule has 2 aliphatic heterocycles. The van der Waals surface area contributed by atoms with Crippen LogP contribution in [0.1, 0.15) is 19.8 Å². The van der Waals surface area contributed by atoms with Gasteiger partial charge in [0, 0.05) is 57.9 Å². The molecule has 5 nitrogen and oxygen atoms in total. The molecule has 0 spiro atoms. The minimum Gasteiger partial charge on any atom is -0.381 e. The van der Waals surface area contributed by atoms with E-state index in [0.717, 1.165) is 52.2 Å². The predicted octanol–water partition coefficient (Wildman–Crippen LogP) is -0.0956. The smallest absolute Gasteiger partial charge is 0.225 e. The van der Waals surface area contributed by atoms with E-state index in [1.54, 1.807) is 0 Å². The van der Waals surface area contributed by atoms with Crippen LogP contribution < -0.4 is 5.73 Å². The average Bonchev–Trinajstić information content (AvgIpc) is 2.47. The first-order valence-corrected chi connectivity index (χ1v) is 7.03. The second kappa shape index (κ2) is 6.50. The molecule has 0 saturated carbocycles. The summed E-state index contributed by atoms with van der Waals surface area (Å²) in [5, 5.41) is 0. The van der Waals surface area contributed by atoms with E-state index in [9.17, 15) is 4.79 Å². The number of rotatable bonds is 3. The van der Waals surface area contributed by atoms with E-state index in [0.29, 0.717) is 18.5 Å². The molecule has 18 heavy (non-hydrogen) atoms. The van der Waals surface area contributed by atoms with Crippen molar-refractivity contribution in [2.24, 2.45) is 11.7 Å². The number of hydrogen-bond acceptors (Lipinski definition) is 4. The van der Waals surface area contributed by atoms with Crippen molar-refractivity contribution < 1.29 is 9.53 Å². The molecule has 1 unspecified atom stereocenters. The van der Waals surface area contributed by atoms with Crippen LogP contribution >= 0.6 is 0 Å². The molecule has 1 amide bonds. The molecule has 5 heteroatoms. The molecule has 0 radical (unpaired) electrons. The molecule has 0 aromatic heterocycles. The monoisotopic (exact) mass is 255 g/mol. The van der Waals surface area contributed by atoms with Gasteiger partial charge in [-0.3, -0.25) is 9.69 Å². The van der Waals surface area contributed by atoms with Crippen LogP contribution in [0.3, 0.4) is 0 Å². The summed E-state index contributed by atoms with van der Waals surface area (Å²) in [5.41, 5.74) is 5.68. The fourth-order valence-electron chi connectivity index (χ4n) is 2.73. The minimum absolute atomic E-state index is 0.192. The van der Waals surface area contributed by atoms with Crippen LogP contribution in [-0.2, 0) is 9.53 Å². The van der Waals surface area contributed by atoms with Crippen molar-refractivity contribution in [1.29, 1.82) is 0 Å². The standard InChI is InChI=1S/C13H25N3O2/c1-11(10-14)15-4-6-16(7-5-15)13(17)12-2-8-18-9-3-12/h11-12H,2-10,14H2,1H3. The van der Waals surface area contributed by atoms with Gasteiger partial charge in [-0.15, -0.1) is 0 Å². The first-order chi connectivity index (χ1) is 8.72. The maximum atomic E-state index is 12.3. The molecule has 0 aromatic carbocycles. The normalized spacial score (nSPS) is 25.1. The Bertz CT molecular complexity index is 271. The van der Waals surface area contributed by atoms with Crippen LogP contribution in [-0.4, -0.2) is 67.7 Å². The predicted molar refractivity (Wildman–Crippen MR) is 70.2 cm³/mol. The summed E-state index contributed by atoms with van der Waals surface area (Å²) in [5.74, 6) is 0.524. The third kappa shape index (κ3) is 3.22. The second-order valence-electron chi connectivity index (χ2n) is 5.33. The number of nitrogens with zero attached hydrogens (tertiary/aromatic N) is 2. The highest BCUT2D eigenvalue weighted by Crippen LogP contribution is 2.18. The lowest BCUT2D eigenvalue weighted by molar-refractivity contribution is -0.140. The number of ether oxygens (including phenoxy) is 1. The summed E-state index contributed by atoms with van der Waals surface area (Å²) in [6.07, 6.45) is 1.77. The highest BCUT2D eigenvalue weighted by molar-refractivity contribution is 5.79. The van der Waals surface area contributed by atoms with Gasteiger partial charge in [-0.25, -0.2) is 0 Å². The Morgan fingerprint density at radius 3 is 2.44 bits per heavy atom. The molecule has 2 N–H and O–H groups in total. The maximum Gasteiger partial charge on any atom is 0.225 e. The zero-order chi connectivity index (χ0) is 13.0. The highest BCUT2D eigenvalue weighted by atomic mass is 16.5. The summed E-state index contributed by atoms with van der Waals surface area (Å²) < 4.78 is 5.31. The largest absolute Gasteiger partial charge is 0.381 e. The van der Waals surface area contributed by atoms with Crippen molar-refractivity contribution in [2.45, 2.75) is 25.8 Å². The zero-order valence-corrected chi connectivity index (χ0v) is 11.3. The van der Waals surface area contributed by atoms with Gasteiger partial charge in [-0.2, -0.15) is 0 Å². The highest BCUT2D eigenvalue weighted by Gasteiger charge is 2.29. The first-order valence-electron chi connectivity index (χ1n) is 7.03. The molecule has 104 valence electrons. The topological polar surface area (TPSA) is 58.8 Å². The Hall–Kier alpha value is -0.650. The summed E-state index contributed by atoms with van der Waals surface area (Å²) in [4.78, 5) is 16.7. The summed E-state index contributed by atoms with van der Waals surface area (Å²) in [7, 11) is 0. The fourth-order valence-corrected chi connectivity index (χ4v) is 2.73. The van der Waals surface area contributed by atoms with Gasteiger partial charge < -0.3 is 15.4 Å². The van der Waals surface area contributed by atoms with Crippen molar-refractivity contribution in [1.82, 2.24) is 9.80 Å². The SMILES string of the molecule is CC(CN)N1CCN(C(=O)C2CCOCC2)CC1. The zero-order valence-electron chi connectivity index (χ0n) is 11.3. The molecule has 2 fully saturated rings. The van der Waals surface area contributed by atoms with E-state index in [1.165, 1.54) is 0 Å². The van der Waals surface area contributed by atoms with Gasteiger partial charge in [-0.1, -0.05) is 0 Å². The molecular formula is C13H25N3O2. The number of hydrogen-bond donors (Lipinski definition) is 1. The second-order valence-corrected chi connectivity index (χ2v) is 5.33. The van der Waals surface area contributed by atoms with Crippen LogP contribution in [0.25, 0.3) is 0 Å². The van der Waals surface area contributed by atoms with Crippen LogP contribution in [0.5, 0.6) is 0 Å². The molecule has 0 aliphatic carbocycles. The Labute approximate surface area is 109 Å². The van der Waals surface area contributed by atoms with E-state index in [2.05, 4.69) is 11.8 Å².